The van der Waals surface area contributed by atoms with Crippen molar-refractivity contribution in [3.8, 4) is 0 Å². The Morgan fingerprint density at radius 2 is 2.00 bits per heavy atom. The van der Waals surface area contributed by atoms with Crippen molar-refractivity contribution in [1.29, 1.82) is 0 Å². The number of carbonyl (C=O) groups is 1. The van der Waals surface area contributed by atoms with Gasteiger partial charge >= 0.3 is 0 Å². The zero-order valence-corrected chi connectivity index (χ0v) is 15.8. The van der Waals surface area contributed by atoms with Crippen molar-refractivity contribution >= 4 is 16.8 Å². The highest BCUT2D eigenvalue weighted by Gasteiger charge is 2.48. The quantitative estimate of drug-likeness (QED) is 0.839. The molecule has 3 aliphatic rings. The first-order valence-electron chi connectivity index (χ1n) is 10.2. The zero-order valence-electron chi connectivity index (χ0n) is 15.8. The summed E-state index contributed by atoms with van der Waals surface area (Å²) < 4.78 is 6.30. The number of carbonyl (C=O) groups excluding carboxylic acids is 1. The van der Waals surface area contributed by atoms with E-state index in [9.17, 15) is 4.79 Å². The van der Waals surface area contributed by atoms with Gasteiger partial charge in [0.25, 0.3) is 5.91 Å². The molecule has 1 unspecified atom stereocenters. The Kier molecular flexibility index (Phi) is 4.37. The van der Waals surface area contributed by atoms with Gasteiger partial charge in [0, 0.05) is 18.1 Å². The minimum atomic E-state index is -0.0972. The van der Waals surface area contributed by atoms with E-state index in [2.05, 4.69) is 9.88 Å². The van der Waals surface area contributed by atoms with Crippen LogP contribution >= 0.6 is 0 Å². The van der Waals surface area contributed by atoms with Crippen molar-refractivity contribution in [2.75, 3.05) is 39.3 Å². The third-order valence-electron chi connectivity index (χ3n) is 6.47. The molecule has 3 fully saturated rings. The predicted molar refractivity (Wildman–Crippen MR) is 105 cm³/mol. The fraction of sp³-hybridized carbons (Fsp3) is 0.545. The lowest BCUT2D eigenvalue weighted by Gasteiger charge is -2.53. The maximum Gasteiger partial charge on any atom is 0.254 e. The Morgan fingerprint density at radius 3 is 2.78 bits per heavy atom. The molecule has 3 aliphatic heterocycles. The van der Waals surface area contributed by atoms with Crippen molar-refractivity contribution in [3.63, 3.8) is 0 Å². The summed E-state index contributed by atoms with van der Waals surface area (Å²) in [5.41, 5.74) is 1.52. The number of para-hydroxylation sites is 1. The number of likely N-dealkylation sites (tertiary alicyclic amines) is 2. The second-order valence-electron chi connectivity index (χ2n) is 8.44. The van der Waals surface area contributed by atoms with Crippen molar-refractivity contribution in [1.82, 2.24) is 14.8 Å². The van der Waals surface area contributed by atoms with E-state index >= 15 is 0 Å². The van der Waals surface area contributed by atoms with E-state index in [-0.39, 0.29) is 11.5 Å². The maximum atomic E-state index is 13.0. The lowest BCUT2D eigenvalue weighted by Crippen LogP contribution is -2.66. The number of rotatable bonds is 3. The van der Waals surface area contributed by atoms with Gasteiger partial charge in [-0.3, -0.25) is 9.78 Å². The third-order valence-corrected chi connectivity index (χ3v) is 6.47. The summed E-state index contributed by atoms with van der Waals surface area (Å²) in [5.74, 6) is 0.754. The topological polar surface area (TPSA) is 45.7 Å². The van der Waals surface area contributed by atoms with Crippen LogP contribution in [-0.2, 0) is 4.74 Å². The third kappa shape index (κ3) is 3.23. The molecule has 1 spiro atoms. The number of benzene rings is 1. The highest BCUT2D eigenvalue weighted by atomic mass is 16.5. The summed E-state index contributed by atoms with van der Waals surface area (Å²) in [4.78, 5) is 21.9. The average Bonchev–Trinajstić information content (AvgIpc) is 3.19. The molecule has 1 atom stereocenters. The molecule has 142 valence electrons. The minimum Gasteiger partial charge on any atom is -0.371 e. The molecule has 4 heterocycles. The summed E-state index contributed by atoms with van der Waals surface area (Å²) in [7, 11) is 0. The largest absolute Gasteiger partial charge is 0.371 e. The monoisotopic (exact) mass is 365 g/mol. The molecule has 2 aromatic rings. The number of hydrogen-bond donors (Lipinski definition) is 0. The van der Waals surface area contributed by atoms with Crippen LogP contribution in [0.25, 0.3) is 10.9 Å². The number of hydrogen-bond acceptors (Lipinski definition) is 4. The molecule has 5 rings (SSSR count). The second-order valence-corrected chi connectivity index (χ2v) is 8.44. The highest BCUT2D eigenvalue weighted by molar-refractivity contribution is 6.06. The van der Waals surface area contributed by atoms with Crippen molar-refractivity contribution in [2.24, 2.45) is 5.92 Å². The minimum absolute atomic E-state index is 0.0972. The number of amides is 1. The summed E-state index contributed by atoms with van der Waals surface area (Å²) in [6.07, 6.45) is 6.71. The number of nitrogens with zero attached hydrogens (tertiary/aromatic N) is 3. The lowest BCUT2D eigenvalue weighted by atomic mass is 9.82. The molecule has 0 bridgehead atoms. The zero-order chi connectivity index (χ0) is 18.3. The number of pyridine rings is 1. The molecule has 5 nitrogen and oxygen atoms in total. The van der Waals surface area contributed by atoms with E-state index < -0.39 is 0 Å². The van der Waals surface area contributed by atoms with Crippen LogP contribution in [0.4, 0.5) is 0 Å². The molecule has 0 saturated carbocycles. The van der Waals surface area contributed by atoms with Crippen molar-refractivity contribution in [2.45, 2.75) is 31.3 Å². The molecule has 1 aromatic heterocycles. The molecule has 5 heteroatoms. The molecule has 27 heavy (non-hydrogen) atoms. The van der Waals surface area contributed by atoms with Gasteiger partial charge in [0.1, 0.15) is 5.60 Å². The summed E-state index contributed by atoms with van der Waals surface area (Å²) in [5, 5.41) is 0.932. The van der Waals surface area contributed by atoms with Gasteiger partial charge in [0.2, 0.25) is 0 Å². The van der Waals surface area contributed by atoms with Crippen LogP contribution in [-0.4, -0.2) is 65.6 Å². The first kappa shape index (κ1) is 17.1. The van der Waals surface area contributed by atoms with Gasteiger partial charge in [-0.1, -0.05) is 18.2 Å². The SMILES string of the molecule is O=C(c1ccnc2ccccc12)N1CC2(CCC(CN3CCCC3)CO2)C1. The van der Waals surface area contributed by atoms with E-state index in [1.807, 2.05) is 35.2 Å². The van der Waals surface area contributed by atoms with Gasteiger partial charge in [-0.2, -0.15) is 0 Å². The average molecular weight is 365 g/mol. The van der Waals surface area contributed by atoms with E-state index in [1.54, 1.807) is 6.20 Å². The molecule has 0 N–H and O–H groups in total. The van der Waals surface area contributed by atoms with Crippen LogP contribution in [0.3, 0.4) is 0 Å². The summed E-state index contributed by atoms with van der Waals surface area (Å²) in [6, 6.07) is 9.68. The smallest absolute Gasteiger partial charge is 0.254 e. The van der Waals surface area contributed by atoms with Crippen LogP contribution in [0.1, 0.15) is 36.0 Å². The first-order valence-corrected chi connectivity index (χ1v) is 10.2. The fourth-order valence-electron chi connectivity index (χ4n) is 4.89. The van der Waals surface area contributed by atoms with E-state index in [1.165, 1.54) is 38.9 Å². The van der Waals surface area contributed by atoms with Crippen LogP contribution < -0.4 is 0 Å². The lowest BCUT2D eigenvalue weighted by molar-refractivity contribution is -0.168. The van der Waals surface area contributed by atoms with Crippen molar-refractivity contribution in [3.05, 3.63) is 42.1 Å². The van der Waals surface area contributed by atoms with Gasteiger partial charge in [0.05, 0.1) is 30.8 Å². The van der Waals surface area contributed by atoms with Crippen LogP contribution in [0, 0.1) is 5.92 Å². The van der Waals surface area contributed by atoms with Crippen molar-refractivity contribution < 1.29 is 9.53 Å². The Labute approximate surface area is 160 Å². The molecule has 1 amide bonds. The van der Waals surface area contributed by atoms with Gasteiger partial charge in [-0.05, 0) is 56.8 Å². The molecule has 3 saturated heterocycles. The molecule has 0 radical (unpaired) electrons. The number of aromatic nitrogens is 1. The Hall–Kier alpha value is -1.98. The maximum absolute atomic E-state index is 13.0. The van der Waals surface area contributed by atoms with E-state index in [0.29, 0.717) is 5.92 Å². The van der Waals surface area contributed by atoms with Crippen LogP contribution in [0.15, 0.2) is 36.5 Å². The number of ether oxygens (including phenoxy) is 1. The van der Waals surface area contributed by atoms with Crippen LogP contribution in [0.5, 0.6) is 0 Å². The van der Waals surface area contributed by atoms with Gasteiger partial charge in [0.15, 0.2) is 0 Å². The second kappa shape index (κ2) is 6.88. The Bertz CT molecular complexity index is 825. The summed E-state index contributed by atoms with van der Waals surface area (Å²) in [6.45, 7) is 5.98. The Morgan fingerprint density at radius 1 is 1.19 bits per heavy atom. The standard InChI is InChI=1S/C22H27N3O2/c26-21(19-8-10-23-20-6-2-1-5-18(19)20)25-15-22(16-25)9-7-17(14-27-22)13-24-11-3-4-12-24/h1-2,5-6,8,10,17H,3-4,7,9,11-16H2. The van der Waals surface area contributed by atoms with Gasteiger partial charge in [-0.25, -0.2) is 0 Å². The molecule has 1 aromatic carbocycles. The summed E-state index contributed by atoms with van der Waals surface area (Å²) >= 11 is 0. The van der Waals surface area contributed by atoms with Crippen LogP contribution in [0.2, 0.25) is 0 Å². The Balaban J connectivity index is 1.20. The molecular formula is C22H27N3O2. The first-order chi connectivity index (χ1) is 13.2. The molecule has 0 aliphatic carbocycles. The normalized spacial score (nSPS) is 25.0. The van der Waals surface area contributed by atoms with Gasteiger partial charge in [-0.15, -0.1) is 0 Å². The van der Waals surface area contributed by atoms with Gasteiger partial charge < -0.3 is 14.5 Å². The predicted octanol–water partition coefficient (Wildman–Crippen LogP) is 2.95. The highest BCUT2D eigenvalue weighted by Crippen LogP contribution is 2.37. The molecular weight excluding hydrogens is 338 g/mol. The fourth-order valence-corrected chi connectivity index (χ4v) is 4.89. The van der Waals surface area contributed by atoms with E-state index in [0.717, 1.165) is 42.6 Å². The van der Waals surface area contributed by atoms with E-state index in [4.69, 9.17) is 4.74 Å². The number of fused-ring (bicyclic) bond motifs is 1.